The molecule has 0 saturated heterocycles. The number of hydrazone groups is 1. The highest BCUT2D eigenvalue weighted by molar-refractivity contribution is 6.02. The van der Waals surface area contributed by atoms with Gasteiger partial charge >= 0.3 is 5.97 Å². The van der Waals surface area contributed by atoms with Crippen molar-refractivity contribution in [3.8, 4) is 17.0 Å². The van der Waals surface area contributed by atoms with Crippen molar-refractivity contribution in [1.29, 1.82) is 0 Å². The van der Waals surface area contributed by atoms with E-state index in [1.807, 2.05) is 12.1 Å². The Morgan fingerprint density at radius 1 is 1.03 bits per heavy atom. The standard InChI is InChI=1S/C25H28N4O4/c1-4-5-6-7-17-8-10-18(11-9-17)22-23(30)21(28-29(22)3)16(2)26-27-24(31)19-12-14-20(15-13-19)25(32)33/h8-15,30H,4-7H2,1-3H3,(H,27,31)(H,32,33). The summed E-state index contributed by atoms with van der Waals surface area (Å²) in [5.74, 6) is -1.58. The van der Waals surface area contributed by atoms with Crippen molar-refractivity contribution in [3.05, 3.63) is 70.9 Å². The molecule has 0 atom stereocenters. The SMILES string of the molecule is CCCCCc1ccc(-c2c(O)c(C(C)=NNC(=O)c3ccc(C(=O)O)cc3)nn2C)cc1. The van der Waals surface area contributed by atoms with Crippen molar-refractivity contribution in [2.24, 2.45) is 12.1 Å². The minimum Gasteiger partial charge on any atom is -0.504 e. The van der Waals surface area contributed by atoms with Crippen LogP contribution in [0.4, 0.5) is 0 Å². The summed E-state index contributed by atoms with van der Waals surface area (Å²) in [6, 6.07) is 13.6. The Bertz CT molecular complexity index is 1160. The smallest absolute Gasteiger partial charge is 0.335 e. The molecule has 0 bridgehead atoms. The normalized spacial score (nSPS) is 11.4. The molecule has 1 aromatic heterocycles. The third kappa shape index (κ3) is 5.65. The van der Waals surface area contributed by atoms with E-state index >= 15 is 0 Å². The number of nitrogens with one attached hydrogen (secondary N) is 1. The number of aryl methyl sites for hydroxylation is 2. The first-order valence-electron chi connectivity index (χ1n) is 10.9. The third-order valence-electron chi connectivity index (χ3n) is 5.38. The van der Waals surface area contributed by atoms with E-state index in [1.54, 1.807) is 18.7 Å². The number of carbonyl (C=O) groups is 2. The van der Waals surface area contributed by atoms with E-state index in [1.165, 1.54) is 42.7 Å². The average Bonchev–Trinajstić information content (AvgIpc) is 3.12. The second kappa shape index (κ2) is 10.6. The predicted molar refractivity (Wildman–Crippen MR) is 127 cm³/mol. The number of hydrogen-bond donors (Lipinski definition) is 3. The van der Waals surface area contributed by atoms with Crippen LogP contribution in [0.5, 0.6) is 5.75 Å². The van der Waals surface area contributed by atoms with Gasteiger partial charge in [0.15, 0.2) is 11.4 Å². The second-order valence-corrected chi connectivity index (χ2v) is 7.84. The molecule has 0 spiro atoms. The number of aromatic nitrogens is 2. The highest BCUT2D eigenvalue weighted by Gasteiger charge is 2.19. The molecule has 33 heavy (non-hydrogen) atoms. The summed E-state index contributed by atoms with van der Waals surface area (Å²) in [7, 11) is 1.74. The van der Waals surface area contributed by atoms with Gasteiger partial charge in [-0.05, 0) is 49.6 Å². The van der Waals surface area contributed by atoms with E-state index in [0.717, 1.165) is 18.4 Å². The topological polar surface area (TPSA) is 117 Å². The Balaban J connectivity index is 1.74. The van der Waals surface area contributed by atoms with Crippen LogP contribution in [0, 0.1) is 0 Å². The van der Waals surface area contributed by atoms with E-state index in [-0.39, 0.29) is 22.6 Å². The number of amides is 1. The number of unbranched alkanes of at least 4 members (excludes halogenated alkanes) is 2. The number of aromatic carboxylic acids is 1. The lowest BCUT2D eigenvalue weighted by atomic mass is 10.0. The lowest BCUT2D eigenvalue weighted by molar-refractivity contribution is 0.0696. The molecular formula is C25H28N4O4. The fraction of sp³-hybridized carbons (Fsp3) is 0.280. The van der Waals surface area contributed by atoms with Gasteiger partial charge in [-0.15, -0.1) is 0 Å². The average molecular weight is 449 g/mol. The highest BCUT2D eigenvalue weighted by Crippen LogP contribution is 2.32. The summed E-state index contributed by atoms with van der Waals surface area (Å²) in [4.78, 5) is 23.2. The van der Waals surface area contributed by atoms with E-state index in [2.05, 4.69) is 34.7 Å². The van der Waals surface area contributed by atoms with E-state index < -0.39 is 11.9 Å². The van der Waals surface area contributed by atoms with Crippen molar-refractivity contribution in [2.45, 2.75) is 39.5 Å². The molecule has 8 heteroatoms. The van der Waals surface area contributed by atoms with E-state index in [9.17, 15) is 14.7 Å². The molecule has 0 radical (unpaired) electrons. The third-order valence-corrected chi connectivity index (χ3v) is 5.38. The number of carboxylic acids is 1. The molecular weight excluding hydrogens is 420 g/mol. The molecule has 0 aliphatic heterocycles. The van der Waals surface area contributed by atoms with Crippen molar-refractivity contribution < 1.29 is 19.8 Å². The lowest BCUT2D eigenvalue weighted by Crippen LogP contribution is -2.19. The molecule has 2 aromatic carbocycles. The molecule has 0 unspecified atom stereocenters. The van der Waals surface area contributed by atoms with Crippen LogP contribution in [0.3, 0.4) is 0 Å². The zero-order chi connectivity index (χ0) is 24.0. The van der Waals surface area contributed by atoms with E-state index in [4.69, 9.17) is 5.11 Å². The molecule has 3 rings (SSSR count). The molecule has 0 aliphatic rings. The van der Waals surface area contributed by atoms with Crippen LogP contribution in [0.15, 0.2) is 53.6 Å². The summed E-state index contributed by atoms with van der Waals surface area (Å²) < 4.78 is 1.59. The van der Waals surface area contributed by atoms with Gasteiger partial charge in [0.05, 0.1) is 11.3 Å². The fourth-order valence-corrected chi connectivity index (χ4v) is 3.50. The molecule has 172 valence electrons. The number of hydrogen-bond acceptors (Lipinski definition) is 5. The Hall–Kier alpha value is -3.94. The minimum atomic E-state index is -1.07. The van der Waals surface area contributed by atoms with Gasteiger partial charge in [0.2, 0.25) is 0 Å². The Kier molecular flexibility index (Phi) is 7.61. The van der Waals surface area contributed by atoms with Crippen LogP contribution >= 0.6 is 0 Å². The first-order chi connectivity index (χ1) is 15.8. The number of nitrogens with zero attached hydrogens (tertiary/aromatic N) is 3. The van der Waals surface area contributed by atoms with Crippen LogP contribution in [0.25, 0.3) is 11.3 Å². The molecule has 1 heterocycles. The first kappa shape index (κ1) is 23.7. The van der Waals surface area contributed by atoms with Crippen LogP contribution in [-0.2, 0) is 13.5 Å². The van der Waals surface area contributed by atoms with Crippen molar-refractivity contribution in [3.63, 3.8) is 0 Å². The predicted octanol–water partition coefficient (Wildman–Crippen LogP) is 4.38. The molecule has 0 aliphatic carbocycles. The van der Waals surface area contributed by atoms with Gasteiger partial charge in [0.1, 0.15) is 5.69 Å². The quantitative estimate of drug-likeness (QED) is 0.255. The van der Waals surface area contributed by atoms with Crippen molar-refractivity contribution in [2.75, 3.05) is 0 Å². The monoisotopic (exact) mass is 448 g/mol. The van der Waals surface area contributed by atoms with Crippen LogP contribution in [0.2, 0.25) is 0 Å². The highest BCUT2D eigenvalue weighted by atomic mass is 16.4. The minimum absolute atomic E-state index is 0.0162. The number of carboxylic acid groups (broad SMARTS) is 1. The zero-order valence-corrected chi connectivity index (χ0v) is 19.0. The number of rotatable bonds is 9. The van der Waals surface area contributed by atoms with Gasteiger partial charge < -0.3 is 10.2 Å². The zero-order valence-electron chi connectivity index (χ0n) is 19.0. The van der Waals surface area contributed by atoms with Gasteiger partial charge in [0, 0.05) is 18.2 Å². The number of aromatic hydroxyl groups is 1. The Morgan fingerprint density at radius 3 is 2.27 bits per heavy atom. The van der Waals surface area contributed by atoms with E-state index in [0.29, 0.717) is 11.4 Å². The summed E-state index contributed by atoms with van der Waals surface area (Å²) in [5.41, 5.74) is 6.03. The van der Waals surface area contributed by atoms with Crippen molar-refractivity contribution in [1.82, 2.24) is 15.2 Å². The summed E-state index contributed by atoms with van der Waals surface area (Å²) >= 11 is 0. The summed E-state index contributed by atoms with van der Waals surface area (Å²) in [6.45, 7) is 3.82. The molecule has 1 amide bonds. The summed E-state index contributed by atoms with van der Waals surface area (Å²) in [5, 5.41) is 28.2. The maximum atomic E-state index is 12.3. The number of carbonyl (C=O) groups excluding carboxylic acids is 1. The number of benzene rings is 2. The Morgan fingerprint density at radius 2 is 1.67 bits per heavy atom. The fourth-order valence-electron chi connectivity index (χ4n) is 3.50. The summed E-state index contributed by atoms with van der Waals surface area (Å²) in [6.07, 6.45) is 4.57. The second-order valence-electron chi connectivity index (χ2n) is 7.84. The maximum Gasteiger partial charge on any atom is 0.335 e. The van der Waals surface area contributed by atoms with Crippen LogP contribution in [-0.4, -0.2) is 37.6 Å². The van der Waals surface area contributed by atoms with Gasteiger partial charge in [-0.3, -0.25) is 9.48 Å². The van der Waals surface area contributed by atoms with Gasteiger partial charge in [-0.25, -0.2) is 10.2 Å². The molecule has 8 nitrogen and oxygen atoms in total. The van der Waals surface area contributed by atoms with Crippen LogP contribution in [0.1, 0.15) is 65.1 Å². The molecule has 0 saturated carbocycles. The molecule has 3 N–H and O–H groups in total. The van der Waals surface area contributed by atoms with Crippen LogP contribution < -0.4 is 5.43 Å². The lowest BCUT2D eigenvalue weighted by Gasteiger charge is -2.05. The maximum absolute atomic E-state index is 12.3. The molecule has 3 aromatic rings. The Labute approximate surface area is 192 Å². The van der Waals surface area contributed by atoms with Gasteiger partial charge in [-0.1, -0.05) is 44.0 Å². The van der Waals surface area contributed by atoms with Crippen molar-refractivity contribution >= 4 is 17.6 Å². The van der Waals surface area contributed by atoms with Gasteiger partial charge in [-0.2, -0.15) is 10.2 Å². The molecule has 0 fully saturated rings. The first-order valence-corrected chi connectivity index (χ1v) is 10.9. The largest absolute Gasteiger partial charge is 0.504 e. The van der Waals surface area contributed by atoms with Gasteiger partial charge in [0.25, 0.3) is 5.91 Å².